The molecule has 0 fully saturated rings. The minimum atomic E-state index is -1.08. The zero-order chi connectivity index (χ0) is 15.3. The standard InChI is InChI=1S/C17H17N3O/c1-17(19,15-5-3-2-4-6-15)16(21)20-12-14-9-7-13(11-18)8-10-14/h2-10H,12,19H2,1H3,(H,20,21). The van der Waals surface area contributed by atoms with Gasteiger partial charge >= 0.3 is 0 Å². The van der Waals surface area contributed by atoms with Gasteiger partial charge in [0.05, 0.1) is 11.6 Å². The van der Waals surface area contributed by atoms with E-state index >= 15 is 0 Å². The van der Waals surface area contributed by atoms with Gasteiger partial charge in [-0.15, -0.1) is 0 Å². The number of hydrogen-bond donors (Lipinski definition) is 2. The van der Waals surface area contributed by atoms with Crippen LogP contribution in [0.1, 0.15) is 23.6 Å². The van der Waals surface area contributed by atoms with Gasteiger partial charge < -0.3 is 11.1 Å². The molecule has 0 aliphatic rings. The third-order valence-electron chi connectivity index (χ3n) is 3.38. The summed E-state index contributed by atoms with van der Waals surface area (Å²) in [6, 6.07) is 18.4. The van der Waals surface area contributed by atoms with Gasteiger partial charge in [-0.05, 0) is 30.2 Å². The van der Waals surface area contributed by atoms with Gasteiger partial charge in [0.1, 0.15) is 5.54 Å². The highest BCUT2D eigenvalue weighted by molar-refractivity contribution is 5.86. The highest BCUT2D eigenvalue weighted by Gasteiger charge is 2.29. The maximum Gasteiger partial charge on any atom is 0.244 e. The second kappa shape index (κ2) is 6.21. The van der Waals surface area contributed by atoms with Crippen molar-refractivity contribution in [2.75, 3.05) is 0 Å². The van der Waals surface area contributed by atoms with Crippen LogP contribution in [0.25, 0.3) is 0 Å². The highest BCUT2D eigenvalue weighted by Crippen LogP contribution is 2.17. The first-order valence-corrected chi connectivity index (χ1v) is 6.66. The van der Waals surface area contributed by atoms with E-state index in [1.165, 1.54) is 0 Å². The van der Waals surface area contributed by atoms with Crippen molar-refractivity contribution in [1.29, 1.82) is 5.26 Å². The summed E-state index contributed by atoms with van der Waals surface area (Å²) in [5.74, 6) is -0.238. The Morgan fingerprint density at radius 2 is 1.81 bits per heavy atom. The largest absolute Gasteiger partial charge is 0.350 e. The lowest BCUT2D eigenvalue weighted by atomic mass is 9.92. The second-order valence-electron chi connectivity index (χ2n) is 5.06. The lowest BCUT2D eigenvalue weighted by Gasteiger charge is -2.24. The average Bonchev–Trinajstić information content (AvgIpc) is 2.53. The van der Waals surface area contributed by atoms with Gasteiger partial charge in [-0.2, -0.15) is 5.26 Å². The van der Waals surface area contributed by atoms with Gasteiger partial charge in [0.2, 0.25) is 5.91 Å². The van der Waals surface area contributed by atoms with E-state index in [-0.39, 0.29) is 5.91 Å². The molecular formula is C17H17N3O. The predicted octanol–water partition coefficient (Wildman–Crippen LogP) is 2.05. The number of nitrogens with zero attached hydrogens (tertiary/aromatic N) is 1. The van der Waals surface area contributed by atoms with E-state index < -0.39 is 5.54 Å². The molecule has 3 N–H and O–H groups in total. The molecule has 2 aromatic rings. The predicted molar refractivity (Wildman–Crippen MR) is 81.0 cm³/mol. The van der Waals surface area contributed by atoms with Gasteiger partial charge in [-0.25, -0.2) is 0 Å². The third kappa shape index (κ3) is 3.47. The van der Waals surface area contributed by atoms with Crippen LogP contribution in [0.5, 0.6) is 0 Å². The highest BCUT2D eigenvalue weighted by atomic mass is 16.2. The van der Waals surface area contributed by atoms with Gasteiger partial charge in [0, 0.05) is 6.54 Å². The zero-order valence-electron chi connectivity index (χ0n) is 11.8. The Morgan fingerprint density at radius 3 is 2.38 bits per heavy atom. The van der Waals surface area contributed by atoms with E-state index in [0.717, 1.165) is 11.1 Å². The average molecular weight is 279 g/mol. The lowest BCUT2D eigenvalue weighted by molar-refractivity contribution is -0.126. The summed E-state index contributed by atoms with van der Waals surface area (Å²) in [7, 11) is 0. The summed E-state index contributed by atoms with van der Waals surface area (Å²) in [5, 5.41) is 11.6. The molecule has 0 saturated carbocycles. The summed E-state index contributed by atoms with van der Waals surface area (Å²) in [6.45, 7) is 2.07. The lowest BCUT2D eigenvalue weighted by Crippen LogP contribution is -2.48. The Kier molecular flexibility index (Phi) is 4.36. The number of rotatable bonds is 4. The molecular weight excluding hydrogens is 262 g/mol. The van der Waals surface area contributed by atoms with Crippen LogP contribution in [0.4, 0.5) is 0 Å². The maximum atomic E-state index is 12.3. The van der Waals surface area contributed by atoms with Crippen molar-refractivity contribution in [2.45, 2.75) is 19.0 Å². The van der Waals surface area contributed by atoms with E-state index in [4.69, 9.17) is 11.0 Å². The quantitative estimate of drug-likeness (QED) is 0.899. The molecule has 1 amide bonds. The summed E-state index contributed by atoms with van der Waals surface area (Å²) in [5.41, 5.74) is 7.34. The first-order chi connectivity index (χ1) is 10.0. The Labute approximate surface area is 124 Å². The molecule has 0 radical (unpaired) electrons. The van der Waals surface area contributed by atoms with Crippen molar-refractivity contribution < 1.29 is 4.79 Å². The molecule has 2 aromatic carbocycles. The van der Waals surface area contributed by atoms with E-state index in [2.05, 4.69) is 11.4 Å². The number of carbonyl (C=O) groups excluding carboxylic acids is 1. The Morgan fingerprint density at radius 1 is 1.19 bits per heavy atom. The molecule has 4 heteroatoms. The van der Waals surface area contributed by atoms with Crippen molar-refractivity contribution in [3.05, 3.63) is 71.3 Å². The van der Waals surface area contributed by atoms with Gasteiger partial charge in [-0.3, -0.25) is 4.79 Å². The van der Waals surface area contributed by atoms with Crippen molar-refractivity contribution in [1.82, 2.24) is 5.32 Å². The van der Waals surface area contributed by atoms with E-state index in [1.54, 1.807) is 19.1 Å². The number of carbonyl (C=O) groups is 1. The summed E-state index contributed by atoms with van der Waals surface area (Å²) < 4.78 is 0. The monoisotopic (exact) mass is 279 g/mol. The van der Waals surface area contributed by atoms with E-state index in [0.29, 0.717) is 12.1 Å². The minimum Gasteiger partial charge on any atom is -0.350 e. The fraction of sp³-hybridized carbons (Fsp3) is 0.176. The second-order valence-corrected chi connectivity index (χ2v) is 5.06. The van der Waals surface area contributed by atoms with Crippen LogP contribution < -0.4 is 11.1 Å². The van der Waals surface area contributed by atoms with Crippen molar-refractivity contribution in [3.8, 4) is 6.07 Å². The topological polar surface area (TPSA) is 78.9 Å². The Bertz CT molecular complexity index is 655. The summed E-state index contributed by atoms with van der Waals surface area (Å²) >= 11 is 0. The zero-order valence-corrected chi connectivity index (χ0v) is 11.8. The number of hydrogen-bond acceptors (Lipinski definition) is 3. The molecule has 0 spiro atoms. The minimum absolute atomic E-state index is 0.238. The first-order valence-electron chi connectivity index (χ1n) is 6.66. The van der Waals surface area contributed by atoms with E-state index in [1.807, 2.05) is 42.5 Å². The first kappa shape index (κ1) is 14.8. The number of nitriles is 1. The molecule has 0 heterocycles. The van der Waals surface area contributed by atoms with Crippen LogP contribution in [0.2, 0.25) is 0 Å². The Balaban J connectivity index is 2.02. The Hall–Kier alpha value is -2.64. The molecule has 1 unspecified atom stereocenters. The molecule has 0 aliphatic heterocycles. The molecule has 21 heavy (non-hydrogen) atoms. The van der Waals surface area contributed by atoms with Crippen molar-refractivity contribution >= 4 is 5.91 Å². The van der Waals surface area contributed by atoms with Gasteiger partial charge in [0.25, 0.3) is 0 Å². The van der Waals surface area contributed by atoms with Gasteiger partial charge in [-0.1, -0.05) is 42.5 Å². The number of amides is 1. The molecule has 0 saturated heterocycles. The van der Waals surface area contributed by atoms with Crippen LogP contribution in [0, 0.1) is 11.3 Å². The maximum absolute atomic E-state index is 12.3. The molecule has 0 aromatic heterocycles. The van der Waals surface area contributed by atoms with Gasteiger partial charge in [0.15, 0.2) is 0 Å². The normalized spacial score (nSPS) is 13.0. The third-order valence-corrected chi connectivity index (χ3v) is 3.38. The SMILES string of the molecule is CC(N)(C(=O)NCc1ccc(C#N)cc1)c1ccccc1. The summed E-state index contributed by atoms with van der Waals surface area (Å²) in [4.78, 5) is 12.3. The van der Waals surface area contributed by atoms with Crippen molar-refractivity contribution in [3.63, 3.8) is 0 Å². The van der Waals surface area contributed by atoms with Crippen LogP contribution in [0.15, 0.2) is 54.6 Å². The summed E-state index contributed by atoms with van der Waals surface area (Å²) in [6.07, 6.45) is 0. The van der Waals surface area contributed by atoms with Crippen LogP contribution in [-0.4, -0.2) is 5.91 Å². The number of nitrogens with one attached hydrogen (secondary N) is 1. The molecule has 2 rings (SSSR count). The molecule has 106 valence electrons. The van der Waals surface area contributed by atoms with Crippen LogP contribution in [0.3, 0.4) is 0 Å². The smallest absolute Gasteiger partial charge is 0.244 e. The number of benzene rings is 2. The molecule has 4 nitrogen and oxygen atoms in total. The number of nitrogens with two attached hydrogens (primary N) is 1. The van der Waals surface area contributed by atoms with Crippen LogP contribution >= 0.6 is 0 Å². The molecule has 0 aliphatic carbocycles. The van der Waals surface area contributed by atoms with Crippen LogP contribution in [-0.2, 0) is 16.9 Å². The van der Waals surface area contributed by atoms with E-state index in [9.17, 15) is 4.79 Å². The fourth-order valence-electron chi connectivity index (χ4n) is 1.98. The molecule has 1 atom stereocenters. The molecule has 0 bridgehead atoms. The van der Waals surface area contributed by atoms with Crippen molar-refractivity contribution in [2.24, 2.45) is 5.73 Å². The fourth-order valence-corrected chi connectivity index (χ4v) is 1.98.